The zero-order chi connectivity index (χ0) is 12.7. The SMILES string of the molecule is CCC1COCCN1CCCCNC(C)(C)C. The Kier molecular flexibility index (Phi) is 6.45. The molecule has 0 radical (unpaired) electrons. The number of hydrogen-bond donors (Lipinski definition) is 1. The molecular weight excluding hydrogens is 212 g/mol. The molecule has 1 aliphatic heterocycles. The number of unbranched alkanes of at least 4 members (excludes halogenated alkanes) is 1. The molecule has 3 heteroatoms. The topological polar surface area (TPSA) is 24.5 Å². The van der Waals surface area contributed by atoms with Gasteiger partial charge in [-0.25, -0.2) is 0 Å². The summed E-state index contributed by atoms with van der Waals surface area (Å²) in [5.74, 6) is 0. The van der Waals surface area contributed by atoms with Gasteiger partial charge in [0.1, 0.15) is 0 Å². The lowest BCUT2D eigenvalue weighted by Crippen LogP contribution is -2.45. The molecule has 1 aliphatic rings. The highest BCUT2D eigenvalue weighted by molar-refractivity contribution is 4.74. The van der Waals surface area contributed by atoms with E-state index < -0.39 is 0 Å². The first-order valence-electron chi connectivity index (χ1n) is 7.10. The van der Waals surface area contributed by atoms with Crippen LogP contribution in [0.15, 0.2) is 0 Å². The second-order valence-corrected chi connectivity index (χ2v) is 6.06. The summed E-state index contributed by atoms with van der Waals surface area (Å²) in [5, 5.41) is 3.54. The quantitative estimate of drug-likeness (QED) is 0.723. The molecule has 0 aliphatic carbocycles. The Morgan fingerprint density at radius 3 is 2.71 bits per heavy atom. The molecule has 0 spiro atoms. The van der Waals surface area contributed by atoms with Crippen LogP contribution in [0.2, 0.25) is 0 Å². The van der Waals surface area contributed by atoms with Gasteiger partial charge in [0.05, 0.1) is 13.2 Å². The van der Waals surface area contributed by atoms with Gasteiger partial charge in [0.2, 0.25) is 0 Å². The normalized spacial score (nSPS) is 22.9. The Morgan fingerprint density at radius 2 is 2.06 bits per heavy atom. The van der Waals surface area contributed by atoms with Crippen molar-refractivity contribution in [3.8, 4) is 0 Å². The molecule has 0 aromatic heterocycles. The van der Waals surface area contributed by atoms with Crippen LogP contribution in [0.3, 0.4) is 0 Å². The summed E-state index contributed by atoms with van der Waals surface area (Å²) in [7, 11) is 0. The predicted octanol–water partition coefficient (Wildman–Crippen LogP) is 2.27. The van der Waals surface area contributed by atoms with E-state index in [2.05, 4.69) is 37.9 Å². The smallest absolute Gasteiger partial charge is 0.0622 e. The van der Waals surface area contributed by atoms with Crippen molar-refractivity contribution in [2.45, 2.75) is 58.5 Å². The second-order valence-electron chi connectivity index (χ2n) is 6.06. The van der Waals surface area contributed by atoms with Crippen LogP contribution < -0.4 is 5.32 Å². The summed E-state index contributed by atoms with van der Waals surface area (Å²) < 4.78 is 5.52. The largest absolute Gasteiger partial charge is 0.378 e. The zero-order valence-electron chi connectivity index (χ0n) is 12.1. The molecule has 1 atom stereocenters. The van der Waals surface area contributed by atoms with Crippen molar-refractivity contribution < 1.29 is 4.74 Å². The monoisotopic (exact) mass is 242 g/mol. The van der Waals surface area contributed by atoms with Crippen LogP contribution >= 0.6 is 0 Å². The fourth-order valence-corrected chi connectivity index (χ4v) is 2.26. The van der Waals surface area contributed by atoms with E-state index in [1.54, 1.807) is 0 Å². The molecule has 1 rings (SSSR count). The van der Waals surface area contributed by atoms with E-state index in [1.807, 2.05) is 0 Å². The molecule has 1 fully saturated rings. The summed E-state index contributed by atoms with van der Waals surface area (Å²) in [6.45, 7) is 14.2. The van der Waals surface area contributed by atoms with E-state index in [0.717, 1.165) is 26.3 Å². The van der Waals surface area contributed by atoms with Crippen molar-refractivity contribution >= 4 is 0 Å². The zero-order valence-corrected chi connectivity index (χ0v) is 12.1. The Labute approximate surface area is 107 Å². The molecule has 0 aromatic rings. The van der Waals surface area contributed by atoms with E-state index in [-0.39, 0.29) is 5.54 Å². The second kappa shape index (κ2) is 7.34. The van der Waals surface area contributed by atoms with Gasteiger partial charge in [-0.2, -0.15) is 0 Å². The van der Waals surface area contributed by atoms with Gasteiger partial charge in [0.25, 0.3) is 0 Å². The highest BCUT2D eigenvalue weighted by atomic mass is 16.5. The number of hydrogen-bond acceptors (Lipinski definition) is 3. The number of nitrogens with one attached hydrogen (secondary N) is 1. The van der Waals surface area contributed by atoms with Gasteiger partial charge < -0.3 is 10.1 Å². The lowest BCUT2D eigenvalue weighted by Gasteiger charge is -2.35. The molecule has 102 valence electrons. The minimum Gasteiger partial charge on any atom is -0.378 e. The maximum atomic E-state index is 5.52. The number of morpholine rings is 1. The van der Waals surface area contributed by atoms with Crippen molar-refractivity contribution in [1.82, 2.24) is 10.2 Å². The molecular formula is C14H30N2O. The Balaban J connectivity index is 2.08. The summed E-state index contributed by atoms with van der Waals surface area (Å²) in [6.07, 6.45) is 3.77. The molecule has 1 heterocycles. The summed E-state index contributed by atoms with van der Waals surface area (Å²) in [5.41, 5.74) is 0.255. The van der Waals surface area contributed by atoms with Crippen LogP contribution in [0.1, 0.15) is 47.0 Å². The summed E-state index contributed by atoms with van der Waals surface area (Å²) in [4.78, 5) is 2.60. The molecule has 0 saturated carbocycles. The predicted molar refractivity (Wildman–Crippen MR) is 73.5 cm³/mol. The number of rotatable bonds is 6. The van der Waals surface area contributed by atoms with E-state index in [0.29, 0.717) is 6.04 Å². The third kappa shape index (κ3) is 6.39. The van der Waals surface area contributed by atoms with Crippen LogP contribution in [0.25, 0.3) is 0 Å². The van der Waals surface area contributed by atoms with E-state index in [1.165, 1.54) is 25.8 Å². The van der Waals surface area contributed by atoms with Crippen molar-refractivity contribution in [3.63, 3.8) is 0 Å². The van der Waals surface area contributed by atoms with Crippen molar-refractivity contribution in [2.24, 2.45) is 0 Å². The summed E-state index contributed by atoms with van der Waals surface area (Å²) in [6, 6.07) is 0.652. The average Bonchev–Trinajstić information content (AvgIpc) is 2.27. The maximum Gasteiger partial charge on any atom is 0.0622 e. The Hall–Kier alpha value is -0.120. The number of ether oxygens (including phenoxy) is 1. The molecule has 1 saturated heterocycles. The van der Waals surface area contributed by atoms with Gasteiger partial charge in [-0.1, -0.05) is 6.92 Å². The first kappa shape index (κ1) is 14.9. The standard InChI is InChI=1S/C14H30N2O/c1-5-13-12-17-11-10-16(13)9-7-6-8-15-14(2,3)4/h13,15H,5-12H2,1-4H3. The van der Waals surface area contributed by atoms with Crippen LogP contribution in [0, 0.1) is 0 Å². The van der Waals surface area contributed by atoms with Crippen LogP contribution in [-0.4, -0.2) is 49.3 Å². The molecule has 0 bridgehead atoms. The van der Waals surface area contributed by atoms with Crippen molar-refractivity contribution in [3.05, 3.63) is 0 Å². The third-order valence-electron chi connectivity index (χ3n) is 3.35. The average molecular weight is 242 g/mol. The molecule has 0 amide bonds. The molecule has 3 nitrogen and oxygen atoms in total. The summed E-state index contributed by atoms with van der Waals surface area (Å²) >= 11 is 0. The van der Waals surface area contributed by atoms with Gasteiger partial charge in [0, 0.05) is 18.1 Å². The highest BCUT2D eigenvalue weighted by Crippen LogP contribution is 2.11. The Morgan fingerprint density at radius 1 is 1.29 bits per heavy atom. The van der Waals surface area contributed by atoms with Gasteiger partial charge >= 0.3 is 0 Å². The highest BCUT2D eigenvalue weighted by Gasteiger charge is 2.20. The first-order chi connectivity index (χ1) is 8.03. The molecule has 0 aromatic carbocycles. The first-order valence-corrected chi connectivity index (χ1v) is 7.10. The van der Waals surface area contributed by atoms with E-state index in [4.69, 9.17) is 4.74 Å². The number of nitrogens with zero attached hydrogens (tertiary/aromatic N) is 1. The van der Waals surface area contributed by atoms with Crippen LogP contribution in [-0.2, 0) is 4.74 Å². The van der Waals surface area contributed by atoms with Crippen LogP contribution in [0.5, 0.6) is 0 Å². The fourth-order valence-electron chi connectivity index (χ4n) is 2.26. The molecule has 1 unspecified atom stereocenters. The minimum atomic E-state index is 0.255. The molecule has 1 N–H and O–H groups in total. The lowest BCUT2D eigenvalue weighted by molar-refractivity contribution is -0.00913. The van der Waals surface area contributed by atoms with Crippen molar-refractivity contribution in [2.75, 3.05) is 32.8 Å². The van der Waals surface area contributed by atoms with Gasteiger partial charge in [-0.3, -0.25) is 4.90 Å². The van der Waals surface area contributed by atoms with E-state index >= 15 is 0 Å². The van der Waals surface area contributed by atoms with E-state index in [9.17, 15) is 0 Å². The van der Waals surface area contributed by atoms with Gasteiger partial charge in [-0.15, -0.1) is 0 Å². The van der Waals surface area contributed by atoms with Crippen LogP contribution in [0.4, 0.5) is 0 Å². The minimum absolute atomic E-state index is 0.255. The maximum absolute atomic E-state index is 5.52. The van der Waals surface area contributed by atoms with Gasteiger partial charge in [-0.05, 0) is 53.1 Å². The third-order valence-corrected chi connectivity index (χ3v) is 3.35. The lowest BCUT2D eigenvalue weighted by atomic mass is 10.1. The van der Waals surface area contributed by atoms with Crippen molar-refractivity contribution in [1.29, 1.82) is 0 Å². The fraction of sp³-hybridized carbons (Fsp3) is 1.00. The molecule has 17 heavy (non-hydrogen) atoms. The van der Waals surface area contributed by atoms with Gasteiger partial charge in [0.15, 0.2) is 0 Å². The Bertz CT molecular complexity index is 201.